The van der Waals surface area contributed by atoms with Gasteiger partial charge in [0, 0.05) is 35.5 Å². The van der Waals surface area contributed by atoms with Crippen LogP contribution in [0.5, 0.6) is 0 Å². The Morgan fingerprint density at radius 3 is 2.11 bits per heavy atom. The third kappa shape index (κ3) is 4.06. The van der Waals surface area contributed by atoms with Gasteiger partial charge in [0.05, 0.1) is 38.8 Å². The molecule has 5 nitrogen and oxygen atoms in total. The van der Waals surface area contributed by atoms with Crippen LogP contribution in [-0.2, 0) is 0 Å². The maximum Gasteiger partial charge on any atom is 0.196 e. The average molecular weight is 432 g/mol. The summed E-state index contributed by atoms with van der Waals surface area (Å²) in [6, 6.07) is 8.81. The van der Waals surface area contributed by atoms with Gasteiger partial charge in [-0.3, -0.25) is 9.59 Å². The highest BCUT2D eigenvalue weighted by molar-refractivity contribution is 6.32. The van der Waals surface area contributed by atoms with Gasteiger partial charge >= 0.3 is 0 Å². The first-order valence-corrected chi connectivity index (χ1v) is 8.86. The number of carbonyl (C=O) groups excluding carboxylic acids is 2. The quantitative estimate of drug-likeness (QED) is 0.335. The minimum atomic E-state index is -0.175. The Balaban J connectivity index is 0.00000261. The molecule has 1 aliphatic rings. The molecule has 0 aromatic heterocycles. The molecule has 3 rings (SSSR count). The molecule has 6 heteroatoms. The fraction of sp³-hybridized carbons (Fsp3) is 0.333. The Hall–Kier alpha value is -2.18. The van der Waals surface area contributed by atoms with Gasteiger partial charge in [-0.2, -0.15) is 0 Å². The number of quaternary nitrogens is 1. The molecule has 0 saturated carbocycles. The molecule has 0 heterocycles. The van der Waals surface area contributed by atoms with Gasteiger partial charge < -0.3 is 32.5 Å². The molecule has 2 aromatic rings. The van der Waals surface area contributed by atoms with Crippen LogP contribution in [0.15, 0.2) is 30.3 Å². The number of nitrogen functional groups attached to an aromatic ring is 1. The molecule has 0 atom stereocenters. The summed E-state index contributed by atoms with van der Waals surface area (Å²) in [6.07, 6.45) is 0.959. The molecular weight excluding hydrogens is 406 g/mol. The third-order valence-electron chi connectivity index (χ3n) is 4.77. The first kappa shape index (κ1) is 21.1. The Kier molecular flexibility index (Phi) is 6.12. The lowest BCUT2D eigenvalue weighted by molar-refractivity contribution is -0.870. The van der Waals surface area contributed by atoms with Gasteiger partial charge in [-0.1, -0.05) is 24.3 Å². The summed E-state index contributed by atoms with van der Waals surface area (Å²) in [5, 5.41) is 3.36. The summed E-state index contributed by atoms with van der Waals surface area (Å²) in [4.78, 5) is 26.1. The molecule has 1 aliphatic carbocycles. The second-order valence-electron chi connectivity index (χ2n) is 7.90. The van der Waals surface area contributed by atoms with Gasteiger partial charge in [-0.25, -0.2) is 0 Å². The first-order valence-electron chi connectivity index (χ1n) is 8.86. The van der Waals surface area contributed by atoms with E-state index in [-0.39, 0.29) is 28.5 Å². The highest BCUT2D eigenvalue weighted by atomic mass is 79.9. The lowest BCUT2D eigenvalue weighted by Gasteiger charge is -2.25. The van der Waals surface area contributed by atoms with Crippen molar-refractivity contribution in [2.24, 2.45) is 0 Å². The topological polar surface area (TPSA) is 72.2 Å². The summed E-state index contributed by atoms with van der Waals surface area (Å²) in [6.45, 7) is 3.61. The minimum Gasteiger partial charge on any atom is -1.00 e. The Labute approximate surface area is 170 Å². The van der Waals surface area contributed by atoms with Gasteiger partial charge in [0.1, 0.15) is 0 Å². The molecule has 0 unspecified atom stereocenters. The van der Waals surface area contributed by atoms with Crippen LogP contribution in [0.4, 0.5) is 11.4 Å². The van der Waals surface area contributed by atoms with E-state index in [9.17, 15) is 9.59 Å². The van der Waals surface area contributed by atoms with Gasteiger partial charge in [0.15, 0.2) is 11.6 Å². The van der Waals surface area contributed by atoms with Crippen molar-refractivity contribution in [1.82, 2.24) is 0 Å². The number of nitrogens with zero attached hydrogens (tertiary/aromatic N) is 1. The summed E-state index contributed by atoms with van der Waals surface area (Å²) < 4.78 is 0.880. The number of halogens is 1. The largest absolute Gasteiger partial charge is 1.00 e. The van der Waals surface area contributed by atoms with Crippen LogP contribution in [0, 0.1) is 6.92 Å². The van der Waals surface area contributed by atoms with Gasteiger partial charge in [0.2, 0.25) is 0 Å². The van der Waals surface area contributed by atoms with Crippen LogP contribution < -0.4 is 28.0 Å². The average Bonchev–Trinajstić information content (AvgIpc) is 2.58. The van der Waals surface area contributed by atoms with Crippen molar-refractivity contribution in [3.8, 4) is 0 Å². The number of hydrogen-bond donors (Lipinski definition) is 2. The van der Waals surface area contributed by atoms with E-state index >= 15 is 0 Å². The number of nitrogens with two attached hydrogens (primary N) is 1. The van der Waals surface area contributed by atoms with E-state index in [1.807, 2.05) is 13.0 Å². The van der Waals surface area contributed by atoms with Crippen LogP contribution in [0.25, 0.3) is 0 Å². The second kappa shape index (κ2) is 7.82. The summed E-state index contributed by atoms with van der Waals surface area (Å²) in [7, 11) is 6.44. The van der Waals surface area contributed by atoms with Gasteiger partial charge in [0.25, 0.3) is 0 Å². The highest BCUT2D eigenvalue weighted by Crippen LogP contribution is 2.37. The van der Waals surface area contributed by atoms with Crippen molar-refractivity contribution < 1.29 is 31.1 Å². The van der Waals surface area contributed by atoms with E-state index in [1.54, 1.807) is 24.3 Å². The SMILES string of the molecule is Cc1cc(NCCC[N+](C)(C)C)c2c(c1N)C(=O)c1ccccc1C2=O.[Br-]. The van der Waals surface area contributed by atoms with E-state index in [0.29, 0.717) is 33.6 Å². The number of aryl methyl sites for hydroxylation is 1. The van der Waals surface area contributed by atoms with Crippen molar-refractivity contribution in [1.29, 1.82) is 0 Å². The summed E-state index contributed by atoms with van der Waals surface area (Å²) in [5.41, 5.74) is 9.70. The molecular formula is C21H26BrN3O2. The van der Waals surface area contributed by atoms with Crippen LogP contribution in [0.1, 0.15) is 43.8 Å². The number of fused-ring (bicyclic) bond motifs is 2. The molecule has 0 bridgehead atoms. The predicted octanol–water partition coefficient (Wildman–Crippen LogP) is -0.135. The second-order valence-corrected chi connectivity index (χ2v) is 7.90. The Morgan fingerprint density at radius 1 is 1.00 bits per heavy atom. The van der Waals surface area contributed by atoms with Crippen molar-refractivity contribution in [3.63, 3.8) is 0 Å². The molecule has 0 radical (unpaired) electrons. The number of rotatable bonds is 5. The number of anilines is 2. The number of nitrogens with one attached hydrogen (secondary N) is 1. The maximum atomic E-state index is 13.1. The van der Waals surface area contributed by atoms with E-state index in [1.165, 1.54) is 0 Å². The van der Waals surface area contributed by atoms with Crippen molar-refractivity contribution in [3.05, 3.63) is 58.1 Å². The van der Waals surface area contributed by atoms with Crippen molar-refractivity contribution in [2.75, 3.05) is 45.3 Å². The normalized spacial score (nSPS) is 12.9. The molecule has 0 saturated heterocycles. The summed E-state index contributed by atoms with van der Waals surface area (Å²) in [5.74, 6) is -0.318. The lowest BCUT2D eigenvalue weighted by atomic mass is 9.81. The zero-order valence-corrected chi connectivity index (χ0v) is 17.8. The molecule has 27 heavy (non-hydrogen) atoms. The number of benzene rings is 2. The molecule has 0 fully saturated rings. The van der Waals surface area contributed by atoms with Gasteiger partial charge in [-0.15, -0.1) is 0 Å². The van der Waals surface area contributed by atoms with E-state index in [4.69, 9.17) is 5.73 Å². The standard InChI is InChI=1S/C21H25N3O2.BrH/c1-13-12-16(23-10-7-11-24(2,3)4)17-18(19(13)22)21(26)15-9-6-5-8-14(15)20(17)25;/h5-6,8-9,12H,7,10-11H2,1-4H3,(H2-,22,23,25,26);1H. The predicted molar refractivity (Wildman–Crippen MR) is 105 cm³/mol. The van der Waals surface area contributed by atoms with E-state index < -0.39 is 0 Å². The zero-order chi connectivity index (χ0) is 19.1. The molecule has 144 valence electrons. The Morgan fingerprint density at radius 2 is 1.56 bits per heavy atom. The number of ketones is 2. The van der Waals surface area contributed by atoms with Gasteiger partial charge in [-0.05, 0) is 18.6 Å². The first-order chi connectivity index (χ1) is 12.2. The van der Waals surface area contributed by atoms with Crippen LogP contribution in [0.3, 0.4) is 0 Å². The van der Waals surface area contributed by atoms with Crippen LogP contribution >= 0.6 is 0 Å². The van der Waals surface area contributed by atoms with Crippen LogP contribution in [-0.4, -0.2) is 50.3 Å². The van der Waals surface area contributed by atoms with E-state index in [0.717, 1.165) is 29.6 Å². The number of carbonyl (C=O) groups is 2. The molecule has 3 N–H and O–H groups in total. The van der Waals surface area contributed by atoms with Crippen molar-refractivity contribution >= 4 is 22.9 Å². The monoisotopic (exact) mass is 431 g/mol. The zero-order valence-electron chi connectivity index (χ0n) is 16.2. The van der Waals surface area contributed by atoms with E-state index in [2.05, 4.69) is 26.5 Å². The van der Waals surface area contributed by atoms with Crippen molar-refractivity contribution in [2.45, 2.75) is 13.3 Å². The lowest BCUT2D eigenvalue weighted by Crippen LogP contribution is -3.00. The molecule has 2 aromatic carbocycles. The third-order valence-corrected chi connectivity index (χ3v) is 4.77. The Bertz CT molecular complexity index is 901. The smallest absolute Gasteiger partial charge is 0.196 e. The summed E-state index contributed by atoms with van der Waals surface area (Å²) >= 11 is 0. The fourth-order valence-electron chi connectivity index (χ4n) is 3.37. The maximum absolute atomic E-state index is 13.1. The molecule has 0 amide bonds. The molecule has 0 spiro atoms. The molecule has 0 aliphatic heterocycles. The number of hydrogen-bond acceptors (Lipinski definition) is 4. The fourth-order valence-corrected chi connectivity index (χ4v) is 3.37. The highest BCUT2D eigenvalue weighted by Gasteiger charge is 2.33. The van der Waals surface area contributed by atoms with Crippen LogP contribution in [0.2, 0.25) is 0 Å². The minimum absolute atomic E-state index is 0.